The van der Waals surface area contributed by atoms with E-state index in [1.165, 1.54) is 7.11 Å². The molecule has 0 amide bonds. The van der Waals surface area contributed by atoms with E-state index in [2.05, 4.69) is 5.32 Å². The number of benzene rings is 2. The fourth-order valence-electron chi connectivity index (χ4n) is 1.65. The second kappa shape index (κ2) is 5.65. The number of phenols is 1. The Kier molecular flexibility index (Phi) is 3.95. The summed E-state index contributed by atoms with van der Waals surface area (Å²) in [5.74, 6) is 0.356. The number of nitrogens with one attached hydrogen (secondary N) is 1. The number of hydrogen-bond acceptors (Lipinski definition) is 3. The number of rotatable bonds is 4. The number of anilines is 1. The Hall–Kier alpha value is -1.87. The van der Waals surface area contributed by atoms with Crippen molar-refractivity contribution in [1.82, 2.24) is 0 Å². The molecule has 0 radical (unpaired) electrons. The summed E-state index contributed by atoms with van der Waals surface area (Å²) >= 11 is 5.92. The van der Waals surface area contributed by atoms with Crippen molar-refractivity contribution in [3.63, 3.8) is 0 Å². The van der Waals surface area contributed by atoms with Gasteiger partial charge in [0.1, 0.15) is 0 Å². The van der Waals surface area contributed by atoms with Crippen LogP contribution in [0.15, 0.2) is 42.5 Å². The molecule has 2 aromatic rings. The van der Waals surface area contributed by atoms with E-state index < -0.39 is 0 Å². The highest BCUT2D eigenvalue weighted by Crippen LogP contribution is 2.35. The van der Waals surface area contributed by atoms with Crippen molar-refractivity contribution >= 4 is 17.3 Å². The molecule has 0 saturated carbocycles. The van der Waals surface area contributed by atoms with Gasteiger partial charge in [0, 0.05) is 12.2 Å². The minimum Gasteiger partial charge on any atom is -0.503 e. The van der Waals surface area contributed by atoms with Crippen LogP contribution in [0.4, 0.5) is 5.69 Å². The molecule has 0 fully saturated rings. The normalized spacial score (nSPS) is 10.1. The third-order valence-electron chi connectivity index (χ3n) is 2.58. The van der Waals surface area contributed by atoms with Crippen LogP contribution in [0.5, 0.6) is 11.5 Å². The smallest absolute Gasteiger partial charge is 0.176 e. The van der Waals surface area contributed by atoms with Gasteiger partial charge in [0.25, 0.3) is 0 Å². The first-order valence-corrected chi connectivity index (χ1v) is 5.93. The Morgan fingerprint density at radius 3 is 2.61 bits per heavy atom. The lowest BCUT2D eigenvalue weighted by Crippen LogP contribution is -1.99. The Bertz CT molecular complexity index is 529. The van der Waals surface area contributed by atoms with Crippen molar-refractivity contribution in [2.24, 2.45) is 0 Å². The van der Waals surface area contributed by atoms with Crippen LogP contribution < -0.4 is 10.1 Å². The van der Waals surface area contributed by atoms with Gasteiger partial charge in [-0.1, -0.05) is 29.8 Å². The molecule has 0 unspecified atom stereocenters. The molecule has 0 aliphatic carbocycles. The predicted molar refractivity (Wildman–Crippen MR) is 73.4 cm³/mol. The lowest BCUT2D eigenvalue weighted by Gasteiger charge is -2.10. The molecule has 0 heterocycles. The van der Waals surface area contributed by atoms with Crippen molar-refractivity contribution in [2.75, 3.05) is 12.4 Å². The molecule has 0 aromatic heterocycles. The summed E-state index contributed by atoms with van der Waals surface area (Å²) in [5.41, 5.74) is 1.97. The van der Waals surface area contributed by atoms with Crippen LogP contribution in [0.1, 0.15) is 5.56 Å². The molecule has 94 valence electrons. The van der Waals surface area contributed by atoms with E-state index in [9.17, 15) is 5.11 Å². The third kappa shape index (κ3) is 2.87. The van der Waals surface area contributed by atoms with Gasteiger partial charge in [-0.05, 0) is 29.8 Å². The molecule has 4 heteroatoms. The first-order chi connectivity index (χ1) is 8.70. The van der Waals surface area contributed by atoms with Crippen LogP contribution in [0, 0.1) is 0 Å². The fraction of sp³-hybridized carbons (Fsp3) is 0.143. The molecule has 18 heavy (non-hydrogen) atoms. The number of methoxy groups -OCH3 is 1. The van der Waals surface area contributed by atoms with Gasteiger partial charge in [-0.25, -0.2) is 0 Å². The summed E-state index contributed by atoms with van der Waals surface area (Å²) in [6.45, 7) is 0.611. The van der Waals surface area contributed by atoms with Crippen LogP contribution in [0.2, 0.25) is 5.02 Å². The molecular formula is C14H14ClNO2. The number of para-hydroxylation sites is 1. The standard InChI is InChI=1S/C14H14ClNO2/c1-18-13-8-10(7-12(15)14(13)17)9-16-11-5-3-2-4-6-11/h2-8,16-17H,9H2,1H3. The maximum atomic E-state index is 9.63. The van der Waals surface area contributed by atoms with Gasteiger partial charge < -0.3 is 15.2 Å². The van der Waals surface area contributed by atoms with Crippen LogP contribution in [0.3, 0.4) is 0 Å². The number of hydrogen-bond donors (Lipinski definition) is 2. The molecule has 2 aromatic carbocycles. The minimum atomic E-state index is -0.0253. The van der Waals surface area contributed by atoms with Gasteiger partial charge in [0.05, 0.1) is 12.1 Å². The highest BCUT2D eigenvalue weighted by molar-refractivity contribution is 6.32. The van der Waals surface area contributed by atoms with Crippen LogP contribution in [-0.4, -0.2) is 12.2 Å². The molecular weight excluding hydrogens is 250 g/mol. The summed E-state index contributed by atoms with van der Waals surface area (Å²) < 4.78 is 5.06. The van der Waals surface area contributed by atoms with E-state index in [1.54, 1.807) is 12.1 Å². The van der Waals surface area contributed by atoms with Crippen molar-refractivity contribution in [3.8, 4) is 11.5 Å². The van der Waals surface area contributed by atoms with Crippen LogP contribution in [0.25, 0.3) is 0 Å². The Morgan fingerprint density at radius 1 is 1.22 bits per heavy atom. The highest BCUT2D eigenvalue weighted by Gasteiger charge is 2.08. The zero-order valence-corrected chi connectivity index (χ0v) is 10.7. The zero-order valence-electron chi connectivity index (χ0n) is 9.98. The summed E-state index contributed by atoms with van der Waals surface area (Å²) in [6, 6.07) is 13.3. The van der Waals surface area contributed by atoms with E-state index in [1.807, 2.05) is 30.3 Å². The largest absolute Gasteiger partial charge is 0.503 e. The molecule has 3 nitrogen and oxygen atoms in total. The first-order valence-electron chi connectivity index (χ1n) is 5.55. The topological polar surface area (TPSA) is 41.5 Å². The van der Waals surface area contributed by atoms with Gasteiger partial charge in [-0.3, -0.25) is 0 Å². The van der Waals surface area contributed by atoms with E-state index >= 15 is 0 Å². The predicted octanol–water partition coefficient (Wildman–Crippen LogP) is 3.67. The second-order valence-corrected chi connectivity index (χ2v) is 4.26. The van der Waals surface area contributed by atoms with E-state index in [0.717, 1.165) is 11.3 Å². The molecule has 0 aliphatic heterocycles. The van der Waals surface area contributed by atoms with Crippen molar-refractivity contribution < 1.29 is 9.84 Å². The Morgan fingerprint density at radius 2 is 1.94 bits per heavy atom. The zero-order chi connectivity index (χ0) is 13.0. The summed E-state index contributed by atoms with van der Waals surface area (Å²) in [4.78, 5) is 0. The van der Waals surface area contributed by atoms with E-state index in [4.69, 9.17) is 16.3 Å². The van der Waals surface area contributed by atoms with Crippen molar-refractivity contribution in [3.05, 3.63) is 53.1 Å². The average molecular weight is 264 g/mol. The van der Waals surface area contributed by atoms with E-state index in [0.29, 0.717) is 17.3 Å². The molecule has 2 rings (SSSR count). The summed E-state index contributed by atoms with van der Waals surface area (Å²) in [5, 5.41) is 13.2. The quantitative estimate of drug-likeness (QED) is 0.884. The first kappa shape index (κ1) is 12.6. The van der Waals surface area contributed by atoms with Gasteiger partial charge in [-0.15, -0.1) is 0 Å². The molecule has 0 spiro atoms. The molecule has 0 saturated heterocycles. The highest BCUT2D eigenvalue weighted by atomic mass is 35.5. The number of phenolic OH excluding ortho intramolecular Hbond substituents is 1. The lowest BCUT2D eigenvalue weighted by atomic mass is 10.2. The van der Waals surface area contributed by atoms with Gasteiger partial charge in [-0.2, -0.15) is 0 Å². The monoisotopic (exact) mass is 263 g/mol. The van der Waals surface area contributed by atoms with Crippen LogP contribution in [-0.2, 0) is 6.54 Å². The average Bonchev–Trinajstić information content (AvgIpc) is 2.41. The molecule has 0 atom stereocenters. The Balaban J connectivity index is 2.13. The van der Waals surface area contributed by atoms with Gasteiger partial charge >= 0.3 is 0 Å². The lowest BCUT2D eigenvalue weighted by molar-refractivity contribution is 0.373. The van der Waals surface area contributed by atoms with E-state index in [-0.39, 0.29) is 5.75 Å². The molecule has 0 bridgehead atoms. The molecule has 2 N–H and O–H groups in total. The fourth-order valence-corrected chi connectivity index (χ4v) is 1.88. The van der Waals surface area contributed by atoms with Gasteiger partial charge in [0.15, 0.2) is 11.5 Å². The van der Waals surface area contributed by atoms with Crippen molar-refractivity contribution in [2.45, 2.75) is 6.54 Å². The Labute approximate surface area is 111 Å². The minimum absolute atomic E-state index is 0.0253. The number of ether oxygens (including phenoxy) is 1. The van der Waals surface area contributed by atoms with Gasteiger partial charge in [0.2, 0.25) is 0 Å². The second-order valence-electron chi connectivity index (χ2n) is 3.85. The third-order valence-corrected chi connectivity index (χ3v) is 2.87. The number of halogens is 1. The molecule has 0 aliphatic rings. The summed E-state index contributed by atoms with van der Waals surface area (Å²) in [7, 11) is 1.50. The summed E-state index contributed by atoms with van der Waals surface area (Å²) in [6.07, 6.45) is 0. The maximum absolute atomic E-state index is 9.63. The maximum Gasteiger partial charge on any atom is 0.176 e. The van der Waals surface area contributed by atoms with Crippen LogP contribution >= 0.6 is 11.6 Å². The number of aromatic hydroxyl groups is 1. The van der Waals surface area contributed by atoms with Crippen molar-refractivity contribution in [1.29, 1.82) is 0 Å². The SMILES string of the molecule is COc1cc(CNc2ccccc2)cc(Cl)c1O.